The van der Waals surface area contributed by atoms with Crippen LogP contribution in [0.3, 0.4) is 0 Å². The second kappa shape index (κ2) is 5.09. The first-order valence-electron chi connectivity index (χ1n) is 6.53. The van der Waals surface area contributed by atoms with E-state index in [0.29, 0.717) is 43.0 Å². The number of rotatable bonds is 2. The van der Waals surface area contributed by atoms with Gasteiger partial charge in [0.15, 0.2) is 5.76 Å². The van der Waals surface area contributed by atoms with E-state index in [1.54, 1.807) is 23.1 Å². The highest BCUT2D eigenvalue weighted by molar-refractivity contribution is 6.34. The summed E-state index contributed by atoms with van der Waals surface area (Å²) in [6.07, 6.45) is 0. The van der Waals surface area contributed by atoms with Crippen LogP contribution < -0.4 is 0 Å². The Balaban J connectivity index is 2.03. The zero-order valence-electron chi connectivity index (χ0n) is 11.2. The Morgan fingerprint density at radius 3 is 2.50 bits per heavy atom. The number of carbonyl (C=O) groups excluding carboxylic acids is 2. The fourth-order valence-electron chi connectivity index (χ4n) is 2.59. The summed E-state index contributed by atoms with van der Waals surface area (Å²) in [6.45, 7) is 2.12. The van der Waals surface area contributed by atoms with Crippen LogP contribution in [0.5, 0.6) is 0 Å². The summed E-state index contributed by atoms with van der Waals surface area (Å²) in [5.41, 5.74) is 1.56. The van der Waals surface area contributed by atoms with Crippen molar-refractivity contribution in [1.82, 2.24) is 4.90 Å². The smallest absolute Gasteiger partial charge is 0.258 e. The molecule has 5 heteroatoms. The number of methoxy groups -OCH3 is 1. The van der Waals surface area contributed by atoms with E-state index in [4.69, 9.17) is 9.47 Å². The second-order valence-electron chi connectivity index (χ2n) is 4.69. The van der Waals surface area contributed by atoms with Gasteiger partial charge >= 0.3 is 0 Å². The number of allylic oxidation sites excluding steroid dienone is 1. The molecule has 1 aliphatic carbocycles. The van der Waals surface area contributed by atoms with E-state index < -0.39 is 0 Å². The van der Waals surface area contributed by atoms with Crippen LogP contribution in [0.1, 0.15) is 15.9 Å². The number of Topliss-reactive ketones (excluding diaryl/α,β-unsaturated/α-hetero) is 1. The van der Waals surface area contributed by atoms with Gasteiger partial charge in [-0.2, -0.15) is 0 Å². The highest BCUT2D eigenvalue weighted by atomic mass is 16.5. The van der Waals surface area contributed by atoms with Crippen molar-refractivity contribution in [1.29, 1.82) is 0 Å². The fraction of sp³-hybridized carbons (Fsp3) is 0.333. The lowest BCUT2D eigenvalue weighted by molar-refractivity contribution is -0.129. The SMILES string of the molecule is COC1=C(C(=O)N2CCOCC2)c2ccccc2C1=O. The van der Waals surface area contributed by atoms with Crippen LogP contribution >= 0.6 is 0 Å². The number of hydrogen-bond donors (Lipinski definition) is 0. The van der Waals surface area contributed by atoms with Crippen molar-refractivity contribution >= 4 is 17.3 Å². The minimum atomic E-state index is -0.222. The average molecular weight is 273 g/mol. The van der Waals surface area contributed by atoms with Gasteiger partial charge in [-0.1, -0.05) is 24.3 Å². The van der Waals surface area contributed by atoms with Gasteiger partial charge in [0.2, 0.25) is 5.78 Å². The molecule has 0 N–H and O–H groups in total. The Bertz CT molecular complexity index is 600. The molecule has 0 spiro atoms. The molecule has 5 nitrogen and oxygen atoms in total. The minimum absolute atomic E-state index is 0.141. The van der Waals surface area contributed by atoms with E-state index in [2.05, 4.69) is 0 Å². The molecule has 0 atom stereocenters. The Morgan fingerprint density at radius 2 is 1.85 bits per heavy atom. The van der Waals surface area contributed by atoms with Crippen molar-refractivity contribution in [3.63, 3.8) is 0 Å². The van der Waals surface area contributed by atoms with Crippen LogP contribution in [0.15, 0.2) is 30.0 Å². The maximum absolute atomic E-state index is 12.7. The zero-order chi connectivity index (χ0) is 14.1. The molecule has 1 aromatic carbocycles. The maximum Gasteiger partial charge on any atom is 0.258 e. The zero-order valence-corrected chi connectivity index (χ0v) is 11.2. The first-order valence-corrected chi connectivity index (χ1v) is 6.53. The third-order valence-corrected chi connectivity index (χ3v) is 3.59. The molecule has 0 bridgehead atoms. The number of hydrogen-bond acceptors (Lipinski definition) is 4. The van der Waals surface area contributed by atoms with Gasteiger partial charge in [0.05, 0.1) is 25.9 Å². The van der Waals surface area contributed by atoms with E-state index in [1.807, 2.05) is 6.07 Å². The van der Waals surface area contributed by atoms with E-state index in [1.165, 1.54) is 7.11 Å². The Morgan fingerprint density at radius 1 is 1.20 bits per heavy atom. The highest BCUT2D eigenvalue weighted by Gasteiger charge is 2.36. The van der Waals surface area contributed by atoms with Gasteiger partial charge in [-0.3, -0.25) is 9.59 Å². The molecule has 1 amide bonds. The van der Waals surface area contributed by atoms with Crippen molar-refractivity contribution in [2.45, 2.75) is 0 Å². The molecular formula is C15H15NO4. The van der Waals surface area contributed by atoms with Crippen molar-refractivity contribution in [2.24, 2.45) is 0 Å². The Kier molecular flexibility index (Phi) is 3.28. The summed E-state index contributed by atoms with van der Waals surface area (Å²) in [5.74, 6) is -0.245. The third-order valence-electron chi connectivity index (χ3n) is 3.59. The molecule has 104 valence electrons. The maximum atomic E-state index is 12.7. The monoisotopic (exact) mass is 273 g/mol. The van der Waals surface area contributed by atoms with Crippen molar-refractivity contribution in [2.75, 3.05) is 33.4 Å². The van der Waals surface area contributed by atoms with Crippen LogP contribution in [0.4, 0.5) is 0 Å². The third kappa shape index (κ3) is 1.91. The Labute approximate surface area is 116 Å². The van der Waals surface area contributed by atoms with Crippen LogP contribution in [0.2, 0.25) is 0 Å². The molecule has 1 fully saturated rings. The van der Waals surface area contributed by atoms with Crippen LogP contribution in [-0.2, 0) is 14.3 Å². The normalized spacial score (nSPS) is 18.2. The first-order chi connectivity index (χ1) is 9.74. The molecule has 1 aliphatic heterocycles. The molecule has 0 aromatic heterocycles. The largest absolute Gasteiger partial charge is 0.492 e. The summed E-state index contributed by atoms with van der Waals surface area (Å²) >= 11 is 0. The standard InChI is InChI=1S/C15H15NO4/c1-19-14-12(15(18)16-6-8-20-9-7-16)10-4-2-3-5-11(10)13(14)17/h2-5H,6-9H2,1H3. The van der Waals surface area contributed by atoms with Gasteiger partial charge < -0.3 is 14.4 Å². The number of morpholine rings is 1. The number of amides is 1. The number of carbonyl (C=O) groups is 2. The van der Waals surface area contributed by atoms with E-state index in [9.17, 15) is 9.59 Å². The van der Waals surface area contributed by atoms with Crippen LogP contribution in [0.25, 0.3) is 5.57 Å². The van der Waals surface area contributed by atoms with Crippen molar-refractivity contribution < 1.29 is 19.1 Å². The summed E-state index contributed by atoms with van der Waals surface area (Å²) in [5, 5.41) is 0. The van der Waals surface area contributed by atoms with Gasteiger partial charge in [0, 0.05) is 24.2 Å². The molecule has 1 saturated heterocycles. The second-order valence-corrected chi connectivity index (χ2v) is 4.69. The van der Waals surface area contributed by atoms with Crippen LogP contribution in [0, 0.1) is 0 Å². The summed E-state index contributed by atoms with van der Waals surface area (Å²) in [7, 11) is 1.42. The van der Waals surface area contributed by atoms with Crippen LogP contribution in [-0.4, -0.2) is 50.0 Å². The summed E-state index contributed by atoms with van der Waals surface area (Å²) in [4.78, 5) is 26.6. The Hall–Kier alpha value is -2.14. The fourth-order valence-corrected chi connectivity index (χ4v) is 2.59. The first kappa shape index (κ1) is 12.9. The predicted molar refractivity (Wildman–Crippen MR) is 72.1 cm³/mol. The van der Waals surface area contributed by atoms with E-state index >= 15 is 0 Å². The summed E-state index contributed by atoms with van der Waals surface area (Å²) < 4.78 is 10.4. The lowest BCUT2D eigenvalue weighted by Crippen LogP contribution is -2.41. The average Bonchev–Trinajstić information content (AvgIpc) is 2.80. The highest BCUT2D eigenvalue weighted by Crippen LogP contribution is 2.34. The topological polar surface area (TPSA) is 55.8 Å². The lowest BCUT2D eigenvalue weighted by atomic mass is 10.0. The van der Waals surface area contributed by atoms with E-state index in [-0.39, 0.29) is 17.4 Å². The summed E-state index contributed by atoms with van der Waals surface area (Å²) in [6, 6.07) is 7.10. The number of fused-ring (bicyclic) bond motifs is 1. The molecular weight excluding hydrogens is 258 g/mol. The lowest BCUT2D eigenvalue weighted by Gasteiger charge is -2.27. The number of benzene rings is 1. The molecule has 0 radical (unpaired) electrons. The molecule has 0 saturated carbocycles. The van der Waals surface area contributed by atoms with Crippen molar-refractivity contribution in [3.8, 4) is 0 Å². The van der Waals surface area contributed by atoms with E-state index in [0.717, 1.165) is 0 Å². The van der Waals surface area contributed by atoms with Gasteiger partial charge in [-0.25, -0.2) is 0 Å². The van der Waals surface area contributed by atoms with Gasteiger partial charge in [0.25, 0.3) is 5.91 Å². The van der Waals surface area contributed by atoms with Gasteiger partial charge in [0.1, 0.15) is 0 Å². The van der Waals surface area contributed by atoms with Crippen molar-refractivity contribution in [3.05, 3.63) is 41.2 Å². The number of nitrogens with zero attached hydrogens (tertiary/aromatic N) is 1. The van der Waals surface area contributed by atoms with Gasteiger partial charge in [-0.15, -0.1) is 0 Å². The minimum Gasteiger partial charge on any atom is -0.492 e. The molecule has 20 heavy (non-hydrogen) atoms. The quantitative estimate of drug-likeness (QED) is 0.809. The molecule has 3 rings (SSSR count). The molecule has 0 unspecified atom stereocenters. The number of ketones is 1. The number of ether oxygens (including phenoxy) is 2. The molecule has 1 aromatic rings. The van der Waals surface area contributed by atoms with Gasteiger partial charge in [-0.05, 0) is 0 Å². The molecule has 2 aliphatic rings. The molecule has 1 heterocycles. The predicted octanol–water partition coefficient (Wildman–Crippen LogP) is 1.10.